The first-order valence-electron chi connectivity index (χ1n) is 10.2. The highest BCUT2D eigenvalue weighted by Gasteiger charge is 2.47. The number of ether oxygens (including phenoxy) is 1. The van der Waals surface area contributed by atoms with Crippen molar-refractivity contribution in [1.29, 1.82) is 0 Å². The summed E-state index contributed by atoms with van der Waals surface area (Å²) in [7, 11) is 0. The second-order valence-electron chi connectivity index (χ2n) is 7.64. The highest BCUT2D eigenvalue weighted by atomic mass is 35.5. The number of nitrogens with zero attached hydrogens (tertiary/aromatic N) is 1. The number of carboxylic acids is 1. The highest BCUT2D eigenvalue weighted by Crippen LogP contribution is 2.34. The topological polar surface area (TPSA) is 125 Å². The van der Waals surface area contributed by atoms with Crippen LogP contribution in [0.25, 0.3) is 0 Å². The smallest absolute Gasteiger partial charge is 0.411 e. The Balaban J connectivity index is 1.39. The third-order valence-corrected chi connectivity index (χ3v) is 7.30. The lowest BCUT2D eigenvalue weighted by Crippen LogP contribution is -2.52. The Kier molecular flexibility index (Phi) is 7.20. The molecule has 2 unspecified atom stereocenters. The summed E-state index contributed by atoms with van der Waals surface area (Å²) in [6.07, 6.45) is -0.558. The number of rotatable bonds is 7. The lowest BCUT2D eigenvalue weighted by molar-refractivity contribution is -0.142. The summed E-state index contributed by atoms with van der Waals surface area (Å²) in [6.45, 7) is 0.210. The SMILES string of the molecule is O=C(Nc1ccc(C[C@H](NC(=O)C2CSC3COC(=O)N32)C(=O)O)cc1)c1c(Cl)cccc1Cl. The van der Waals surface area contributed by atoms with E-state index in [1.54, 1.807) is 42.5 Å². The molecule has 0 radical (unpaired) electrons. The molecule has 0 aliphatic carbocycles. The zero-order valence-corrected chi connectivity index (χ0v) is 19.8. The van der Waals surface area contributed by atoms with Gasteiger partial charge in [-0.2, -0.15) is 0 Å². The Morgan fingerprint density at radius 1 is 1.15 bits per heavy atom. The first-order valence-corrected chi connectivity index (χ1v) is 12.0. The molecule has 2 heterocycles. The van der Waals surface area contributed by atoms with Gasteiger partial charge in [0.05, 0.1) is 15.6 Å². The second kappa shape index (κ2) is 10.1. The van der Waals surface area contributed by atoms with Gasteiger partial charge in [-0.05, 0) is 29.8 Å². The number of carboxylic acid groups (broad SMARTS) is 1. The predicted octanol–water partition coefficient (Wildman–Crippen LogP) is 3.25. The summed E-state index contributed by atoms with van der Waals surface area (Å²) >= 11 is 13.5. The summed E-state index contributed by atoms with van der Waals surface area (Å²) in [6, 6.07) is 9.28. The first-order chi connectivity index (χ1) is 16.2. The average Bonchev–Trinajstić information content (AvgIpc) is 3.37. The summed E-state index contributed by atoms with van der Waals surface area (Å²) in [5.74, 6) is -1.85. The number of hydrogen-bond donors (Lipinski definition) is 3. The van der Waals surface area contributed by atoms with Crippen LogP contribution in [0.5, 0.6) is 0 Å². The predicted molar refractivity (Wildman–Crippen MR) is 127 cm³/mol. The molecule has 12 heteroatoms. The fourth-order valence-corrected chi connectivity index (χ4v) is 5.54. The minimum atomic E-state index is -1.20. The molecule has 0 saturated carbocycles. The molecule has 0 aromatic heterocycles. The van der Waals surface area contributed by atoms with Gasteiger partial charge in [0, 0.05) is 17.9 Å². The van der Waals surface area contributed by atoms with E-state index in [9.17, 15) is 24.3 Å². The summed E-state index contributed by atoms with van der Waals surface area (Å²) in [4.78, 5) is 50.2. The maximum Gasteiger partial charge on any atom is 0.411 e. The number of carbonyl (C=O) groups is 4. The number of nitrogens with one attached hydrogen (secondary N) is 2. The van der Waals surface area contributed by atoms with E-state index < -0.39 is 36.0 Å². The molecule has 34 heavy (non-hydrogen) atoms. The summed E-state index contributed by atoms with van der Waals surface area (Å²) < 4.78 is 4.95. The van der Waals surface area contributed by atoms with E-state index in [1.807, 2.05) is 0 Å². The lowest BCUT2D eigenvalue weighted by Gasteiger charge is -2.22. The van der Waals surface area contributed by atoms with E-state index in [4.69, 9.17) is 27.9 Å². The van der Waals surface area contributed by atoms with Crippen LogP contribution in [0.15, 0.2) is 42.5 Å². The number of halogens is 2. The van der Waals surface area contributed by atoms with Crippen LogP contribution in [0, 0.1) is 0 Å². The molecule has 2 fully saturated rings. The molecule has 3 atom stereocenters. The van der Waals surface area contributed by atoms with Crippen molar-refractivity contribution in [2.45, 2.75) is 23.9 Å². The van der Waals surface area contributed by atoms with E-state index >= 15 is 0 Å². The monoisotopic (exact) mass is 523 g/mol. The third-order valence-electron chi connectivity index (χ3n) is 5.41. The van der Waals surface area contributed by atoms with Crippen molar-refractivity contribution in [2.24, 2.45) is 0 Å². The molecule has 2 aromatic carbocycles. The van der Waals surface area contributed by atoms with Crippen LogP contribution < -0.4 is 10.6 Å². The van der Waals surface area contributed by atoms with Gasteiger partial charge >= 0.3 is 12.1 Å². The van der Waals surface area contributed by atoms with E-state index in [2.05, 4.69) is 10.6 Å². The molecular formula is C22H19Cl2N3O6S. The molecule has 0 bridgehead atoms. The normalized spacial score (nSPS) is 19.8. The number of aliphatic carboxylic acids is 1. The number of carbonyl (C=O) groups excluding carboxylic acids is 3. The van der Waals surface area contributed by atoms with Crippen LogP contribution in [-0.4, -0.2) is 63.7 Å². The number of anilines is 1. The summed E-state index contributed by atoms with van der Waals surface area (Å²) in [5.41, 5.74) is 1.24. The van der Waals surface area contributed by atoms with Gasteiger partial charge in [-0.15, -0.1) is 11.8 Å². The van der Waals surface area contributed by atoms with Crippen molar-refractivity contribution in [1.82, 2.24) is 10.2 Å². The van der Waals surface area contributed by atoms with Gasteiger partial charge in [-0.25, -0.2) is 9.59 Å². The van der Waals surface area contributed by atoms with Gasteiger partial charge in [0.25, 0.3) is 5.91 Å². The van der Waals surface area contributed by atoms with Gasteiger partial charge in [0.15, 0.2) is 0 Å². The lowest BCUT2D eigenvalue weighted by atomic mass is 10.0. The Hall–Kier alpha value is -2.95. The van der Waals surface area contributed by atoms with Gasteiger partial charge in [0.1, 0.15) is 24.1 Å². The van der Waals surface area contributed by atoms with Crippen LogP contribution in [0.2, 0.25) is 10.0 Å². The van der Waals surface area contributed by atoms with E-state index in [0.29, 0.717) is 17.0 Å². The molecule has 3 amide bonds. The van der Waals surface area contributed by atoms with Crippen LogP contribution in [0.3, 0.4) is 0 Å². The molecule has 4 rings (SSSR count). The van der Waals surface area contributed by atoms with Gasteiger partial charge < -0.3 is 20.5 Å². The quantitative estimate of drug-likeness (QED) is 0.508. The van der Waals surface area contributed by atoms with E-state index in [-0.39, 0.29) is 34.0 Å². The molecule has 3 N–H and O–H groups in total. The fourth-order valence-electron chi connectivity index (χ4n) is 3.69. The van der Waals surface area contributed by atoms with Crippen LogP contribution >= 0.6 is 35.0 Å². The molecular weight excluding hydrogens is 505 g/mol. The number of hydrogen-bond acceptors (Lipinski definition) is 6. The Bertz CT molecular complexity index is 1130. The van der Waals surface area contributed by atoms with Crippen LogP contribution in [0.4, 0.5) is 10.5 Å². The molecule has 2 saturated heterocycles. The van der Waals surface area contributed by atoms with Crippen molar-refractivity contribution in [2.75, 3.05) is 17.7 Å². The Morgan fingerprint density at radius 2 is 1.82 bits per heavy atom. The second-order valence-corrected chi connectivity index (χ2v) is 9.66. The molecule has 2 aliphatic rings. The third kappa shape index (κ3) is 5.08. The Morgan fingerprint density at radius 3 is 2.47 bits per heavy atom. The highest BCUT2D eigenvalue weighted by molar-refractivity contribution is 8.00. The standard InChI is InChI=1S/C22H19Cl2N3O6S/c23-13-2-1-3-14(24)18(13)20(29)25-12-6-4-11(5-7-12)8-15(21(30)31)26-19(28)16-10-34-17-9-33-22(32)27(16)17/h1-7,15-17H,8-10H2,(H,25,29)(H,26,28)(H,30,31)/t15-,16?,17?/m0/s1. The van der Waals surface area contributed by atoms with Gasteiger partial charge in [0.2, 0.25) is 5.91 Å². The van der Waals surface area contributed by atoms with Crippen molar-refractivity contribution in [3.05, 3.63) is 63.6 Å². The van der Waals surface area contributed by atoms with Crippen molar-refractivity contribution in [3.8, 4) is 0 Å². The molecule has 2 aliphatic heterocycles. The number of fused-ring (bicyclic) bond motifs is 1. The number of cyclic esters (lactones) is 1. The first kappa shape index (κ1) is 24.2. The van der Waals surface area contributed by atoms with Crippen molar-refractivity contribution in [3.63, 3.8) is 0 Å². The zero-order chi connectivity index (χ0) is 24.4. The van der Waals surface area contributed by atoms with Crippen molar-refractivity contribution < 1.29 is 29.0 Å². The van der Waals surface area contributed by atoms with Gasteiger partial charge in [-0.3, -0.25) is 14.5 Å². The maximum absolute atomic E-state index is 12.7. The minimum absolute atomic E-state index is 0.0133. The largest absolute Gasteiger partial charge is 0.480 e. The summed E-state index contributed by atoms with van der Waals surface area (Å²) in [5, 5.41) is 15.0. The molecule has 9 nitrogen and oxygen atoms in total. The van der Waals surface area contributed by atoms with Crippen LogP contribution in [-0.2, 0) is 20.7 Å². The minimum Gasteiger partial charge on any atom is -0.480 e. The molecule has 178 valence electrons. The van der Waals surface area contributed by atoms with E-state index in [0.717, 1.165) is 0 Å². The van der Waals surface area contributed by atoms with E-state index in [1.165, 1.54) is 16.7 Å². The van der Waals surface area contributed by atoms with Crippen molar-refractivity contribution >= 4 is 64.5 Å². The molecule has 0 spiro atoms. The number of thioether (sulfide) groups is 1. The molecule has 2 aromatic rings. The van der Waals surface area contributed by atoms with Crippen LogP contribution in [0.1, 0.15) is 15.9 Å². The zero-order valence-electron chi connectivity index (χ0n) is 17.5. The number of benzene rings is 2. The number of amides is 3. The Labute approximate surface area is 208 Å². The average molecular weight is 524 g/mol. The fraction of sp³-hybridized carbons (Fsp3) is 0.273. The maximum atomic E-state index is 12.7. The van der Waals surface area contributed by atoms with Gasteiger partial charge in [-0.1, -0.05) is 41.4 Å².